The highest BCUT2D eigenvalue weighted by atomic mass is 79.9. The third-order valence-electron chi connectivity index (χ3n) is 2.52. The van der Waals surface area contributed by atoms with Crippen molar-refractivity contribution < 1.29 is 0 Å². The zero-order chi connectivity index (χ0) is 12.3. The molecule has 1 heterocycles. The van der Waals surface area contributed by atoms with Crippen LogP contribution in [0.1, 0.15) is 18.9 Å². The van der Waals surface area contributed by atoms with E-state index in [1.165, 1.54) is 0 Å². The fraction of sp³-hybridized carbons (Fsp3) is 0.231. The number of nitriles is 1. The Morgan fingerprint density at radius 2 is 2.29 bits per heavy atom. The van der Waals surface area contributed by atoms with Crippen molar-refractivity contribution in [3.8, 4) is 6.07 Å². The molecule has 0 aliphatic rings. The van der Waals surface area contributed by atoms with E-state index in [1.807, 2.05) is 18.2 Å². The Labute approximate surface area is 109 Å². The van der Waals surface area contributed by atoms with Crippen molar-refractivity contribution in [1.82, 2.24) is 4.98 Å². The number of pyridine rings is 1. The number of para-hydroxylation sites is 1. The first kappa shape index (κ1) is 11.9. The van der Waals surface area contributed by atoms with Gasteiger partial charge in [-0.3, -0.25) is 4.98 Å². The molecule has 0 saturated carbocycles. The predicted molar refractivity (Wildman–Crippen MR) is 72.9 cm³/mol. The Balaban J connectivity index is 2.66. The number of anilines is 1. The highest BCUT2D eigenvalue weighted by Gasteiger charge is 2.09. The standard InChI is InChI=1S/C13H12BrN3/c1-2-6-16-12-9(7-15)8-17-13-10(12)4-3-5-11(13)14/h3-5,8H,2,6H2,1H3,(H,16,17). The molecule has 17 heavy (non-hydrogen) atoms. The average Bonchev–Trinajstić information content (AvgIpc) is 2.36. The summed E-state index contributed by atoms with van der Waals surface area (Å²) in [6.07, 6.45) is 2.63. The van der Waals surface area contributed by atoms with Crippen LogP contribution < -0.4 is 5.32 Å². The van der Waals surface area contributed by atoms with Crippen LogP contribution in [0.5, 0.6) is 0 Å². The van der Waals surface area contributed by atoms with Crippen LogP contribution in [-0.2, 0) is 0 Å². The molecule has 0 bridgehead atoms. The van der Waals surface area contributed by atoms with Crippen molar-refractivity contribution in [3.05, 3.63) is 34.4 Å². The number of hydrogen-bond acceptors (Lipinski definition) is 3. The maximum atomic E-state index is 9.10. The van der Waals surface area contributed by atoms with Gasteiger partial charge in [-0.1, -0.05) is 19.1 Å². The van der Waals surface area contributed by atoms with Gasteiger partial charge in [-0.05, 0) is 28.4 Å². The summed E-state index contributed by atoms with van der Waals surface area (Å²) in [7, 11) is 0. The van der Waals surface area contributed by atoms with Crippen LogP contribution in [-0.4, -0.2) is 11.5 Å². The van der Waals surface area contributed by atoms with Crippen molar-refractivity contribution in [2.45, 2.75) is 13.3 Å². The number of fused-ring (bicyclic) bond motifs is 1. The number of aromatic nitrogens is 1. The minimum atomic E-state index is 0.587. The van der Waals surface area contributed by atoms with Crippen LogP contribution in [0.2, 0.25) is 0 Å². The van der Waals surface area contributed by atoms with E-state index in [0.717, 1.165) is 34.0 Å². The molecule has 0 fully saturated rings. The monoisotopic (exact) mass is 289 g/mol. The predicted octanol–water partition coefficient (Wildman–Crippen LogP) is 3.69. The van der Waals surface area contributed by atoms with Gasteiger partial charge in [0.25, 0.3) is 0 Å². The van der Waals surface area contributed by atoms with Gasteiger partial charge in [-0.2, -0.15) is 5.26 Å². The minimum absolute atomic E-state index is 0.587. The third kappa shape index (κ3) is 2.25. The van der Waals surface area contributed by atoms with Gasteiger partial charge in [-0.25, -0.2) is 0 Å². The first-order valence-corrected chi connectivity index (χ1v) is 6.28. The number of nitrogens with zero attached hydrogens (tertiary/aromatic N) is 2. The Bertz CT molecular complexity index is 587. The molecule has 0 saturated heterocycles. The largest absolute Gasteiger partial charge is 0.383 e. The van der Waals surface area contributed by atoms with E-state index >= 15 is 0 Å². The van der Waals surface area contributed by atoms with E-state index < -0.39 is 0 Å². The Morgan fingerprint density at radius 3 is 3.00 bits per heavy atom. The van der Waals surface area contributed by atoms with E-state index in [4.69, 9.17) is 5.26 Å². The maximum Gasteiger partial charge on any atom is 0.103 e. The van der Waals surface area contributed by atoms with Gasteiger partial charge in [-0.15, -0.1) is 0 Å². The zero-order valence-corrected chi connectivity index (χ0v) is 11.1. The molecule has 1 aromatic heterocycles. The molecule has 0 amide bonds. The lowest BCUT2D eigenvalue weighted by Gasteiger charge is -2.10. The number of rotatable bonds is 3. The zero-order valence-electron chi connectivity index (χ0n) is 9.50. The molecule has 0 aliphatic carbocycles. The van der Waals surface area contributed by atoms with Crippen LogP contribution >= 0.6 is 15.9 Å². The minimum Gasteiger partial charge on any atom is -0.383 e. The lowest BCUT2D eigenvalue weighted by molar-refractivity contribution is 0.980. The lowest BCUT2D eigenvalue weighted by atomic mass is 10.1. The second-order valence-corrected chi connectivity index (χ2v) is 4.58. The van der Waals surface area contributed by atoms with Crippen molar-refractivity contribution in [2.75, 3.05) is 11.9 Å². The van der Waals surface area contributed by atoms with Gasteiger partial charge in [0, 0.05) is 22.6 Å². The lowest BCUT2D eigenvalue weighted by Crippen LogP contribution is -2.03. The summed E-state index contributed by atoms with van der Waals surface area (Å²) in [5.74, 6) is 0. The fourth-order valence-electron chi connectivity index (χ4n) is 1.71. The Morgan fingerprint density at radius 1 is 1.47 bits per heavy atom. The first-order valence-electron chi connectivity index (χ1n) is 5.49. The van der Waals surface area contributed by atoms with Crippen LogP contribution in [0.4, 0.5) is 5.69 Å². The summed E-state index contributed by atoms with van der Waals surface area (Å²) >= 11 is 3.47. The van der Waals surface area contributed by atoms with Gasteiger partial charge >= 0.3 is 0 Å². The van der Waals surface area contributed by atoms with Crippen LogP contribution in [0.15, 0.2) is 28.9 Å². The van der Waals surface area contributed by atoms with Crippen LogP contribution in [0.3, 0.4) is 0 Å². The molecule has 0 atom stereocenters. The smallest absolute Gasteiger partial charge is 0.103 e. The Kier molecular flexibility index (Phi) is 3.60. The summed E-state index contributed by atoms with van der Waals surface area (Å²) in [5, 5.41) is 13.4. The number of nitrogens with one attached hydrogen (secondary N) is 1. The molecule has 0 unspecified atom stereocenters. The second-order valence-electron chi connectivity index (χ2n) is 3.72. The van der Waals surface area contributed by atoms with Gasteiger partial charge in [0.05, 0.1) is 16.8 Å². The van der Waals surface area contributed by atoms with Gasteiger partial charge < -0.3 is 5.32 Å². The fourth-order valence-corrected chi connectivity index (χ4v) is 2.18. The topological polar surface area (TPSA) is 48.7 Å². The molecule has 3 nitrogen and oxygen atoms in total. The summed E-state index contributed by atoms with van der Waals surface area (Å²) in [6.45, 7) is 2.94. The average molecular weight is 290 g/mol. The molecular formula is C13H12BrN3. The van der Waals surface area contributed by atoms with Crippen molar-refractivity contribution in [1.29, 1.82) is 5.26 Å². The quantitative estimate of drug-likeness (QED) is 0.937. The van der Waals surface area contributed by atoms with Crippen LogP contribution in [0.25, 0.3) is 10.9 Å². The molecule has 0 aliphatic heterocycles. The molecule has 1 N–H and O–H groups in total. The molecule has 2 rings (SSSR count). The van der Waals surface area contributed by atoms with E-state index in [0.29, 0.717) is 5.56 Å². The van der Waals surface area contributed by atoms with E-state index in [2.05, 4.69) is 39.2 Å². The van der Waals surface area contributed by atoms with Gasteiger partial charge in [0.15, 0.2) is 0 Å². The van der Waals surface area contributed by atoms with Crippen LogP contribution in [0, 0.1) is 11.3 Å². The summed E-state index contributed by atoms with van der Waals surface area (Å²) < 4.78 is 0.944. The third-order valence-corrected chi connectivity index (χ3v) is 3.16. The van der Waals surface area contributed by atoms with E-state index in [-0.39, 0.29) is 0 Å². The van der Waals surface area contributed by atoms with Gasteiger partial charge in [0.1, 0.15) is 6.07 Å². The molecule has 0 spiro atoms. The summed E-state index contributed by atoms with van der Waals surface area (Å²) in [4.78, 5) is 4.31. The number of halogens is 1. The summed E-state index contributed by atoms with van der Waals surface area (Å²) in [6, 6.07) is 8.05. The Hall–Kier alpha value is -1.60. The van der Waals surface area contributed by atoms with E-state index in [9.17, 15) is 0 Å². The summed E-state index contributed by atoms with van der Waals surface area (Å²) in [5.41, 5.74) is 2.34. The SMILES string of the molecule is CCCNc1c(C#N)cnc2c(Br)cccc12. The molecule has 0 radical (unpaired) electrons. The first-order chi connectivity index (χ1) is 8.27. The van der Waals surface area contributed by atoms with Crippen molar-refractivity contribution >= 4 is 32.5 Å². The van der Waals surface area contributed by atoms with Crippen molar-refractivity contribution in [2.24, 2.45) is 0 Å². The molecule has 2 aromatic rings. The molecular weight excluding hydrogens is 278 g/mol. The molecule has 86 valence electrons. The normalized spacial score (nSPS) is 10.2. The van der Waals surface area contributed by atoms with Gasteiger partial charge in [0.2, 0.25) is 0 Å². The number of benzene rings is 1. The maximum absolute atomic E-state index is 9.10. The highest BCUT2D eigenvalue weighted by Crippen LogP contribution is 2.29. The molecule has 1 aromatic carbocycles. The molecule has 4 heteroatoms. The van der Waals surface area contributed by atoms with E-state index in [1.54, 1.807) is 6.20 Å². The number of hydrogen-bond donors (Lipinski definition) is 1. The second kappa shape index (κ2) is 5.15. The highest BCUT2D eigenvalue weighted by molar-refractivity contribution is 9.10. The van der Waals surface area contributed by atoms with Crippen molar-refractivity contribution in [3.63, 3.8) is 0 Å².